The van der Waals surface area contributed by atoms with Gasteiger partial charge in [0.25, 0.3) is 0 Å². The third kappa shape index (κ3) is 3.39. The maximum absolute atomic E-state index is 11.7. The fraction of sp³-hybridized carbons (Fsp3) is 0.176. The molecule has 0 spiro atoms. The summed E-state index contributed by atoms with van der Waals surface area (Å²) in [4.78, 5) is 0.0147. The van der Waals surface area contributed by atoms with Gasteiger partial charge in [-0.05, 0) is 42.8 Å². The standard InChI is InChI=1S/C17H17N3O5S/c1-10-4-5-12(9-15(10)26(18,21)22)17-20-19-16(25-17)11-6-7-13(23-2)14(8-11)24-3/h4-9H,1-3H3,(H2,18,21,22). The van der Waals surface area contributed by atoms with Crippen LogP contribution in [0.5, 0.6) is 11.5 Å². The first-order valence-corrected chi connectivity index (χ1v) is 9.08. The van der Waals surface area contributed by atoms with Crippen molar-refractivity contribution in [1.29, 1.82) is 0 Å². The Labute approximate surface area is 150 Å². The Bertz CT molecular complexity index is 1060. The molecule has 8 nitrogen and oxygen atoms in total. The Morgan fingerprint density at radius 2 is 1.50 bits per heavy atom. The molecule has 0 atom stereocenters. The number of nitrogens with zero attached hydrogens (tertiary/aromatic N) is 2. The quantitative estimate of drug-likeness (QED) is 0.727. The van der Waals surface area contributed by atoms with E-state index in [1.165, 1.54) is 13.2 Å². The highest BCUT2D eigenvalue weighted by Gasteiger charge is 2.17. The molecule has 26 heavy (non-hydrogen) atoms. The van der Waals surface area contributed by atoms with Gasteiger partial charge in [0.15, 0.2) is 11.5 Å². The number of hydrogen-bond acceptors (Lipinski definition) is 7. The molecule has 0 bridgehead atoms. The highest BCUT2D eigenvalue weighted by molar-refractivity contribution is 7.89. The van der Waals surface area contributed by atoms with Gasteiger partial charge in [-0.25, -0.2) is 13.6 Å². The topological polar surface area (TPSA) is 118 Å². The molecule has 0 amide bonds. The monoisotopic (exact) mass is 375 g/mol. The second-order valence-electron chi connectivity index (χ2n) is 5.51. The van der Waals surface area contributed by atoms with E-state index in [-0.39, 0.29) is 16.7 Å². The van der Waals surface area contributed by atoms with Crippen LogP contribution in [0.1, 0.15) is 5.56 Å². The van der Waals surface area contributed by atoms with Gasteiger partial charge in [-0.15, -0.1) is 10.2 Å². The van der Waals surface area contributed by atoms with Crippen molar-refractivity contribution in [3.8, 4) is 34.4 Å². The molecule has 2 N–H and O–H groups in total. The molecule has 0 saturated heterocycles. The van der Waals surface area contributed by atoms with Crippen LogP contribution in [0.4, 0.5) is 0 Å². The maximum Gasteiger partial charge on any atom is 0.248 e. The highest BCUT2D eigenvalue weighted by atomic mass is 32.2. The zero-order valence-electron chi connectivity index (χ0n) is 14.4. The molecule has 0 aliphatic heterocycles. The number of benzene rings is 2. The molecule has 1 aromatic heterocycles. The van der Waals surface area contributed by atoms with Crippen molar-refractivity contribution >= 4 is 10.0 Å². The van der Waals surface area contributed by atoms with Gasteiger partial charge in [0.1, 0.15) is 0 Å². The molecule has 0 aliphatic carbocycles. The van der Waals surface area contributed by atoms with Gasteiger partial charge in [-0.1, -0.05) is 6.07 Å². The summed E-state index contributed by atoms with van der Waals surface area (Å²) in [6, 6.07) is 9.93. The first-order chi connectivity index (χ1) is 12.3. The first kappa shape index (κ1) is 17.9. The smallest absolute Gasteiger partial charge is 0.248 e. The van der Waals surface area contributed by atoms with Gasteiger partial charge in [-0.3, -0.25) is 0 Å². The van der Waals surface area contributed by atoms with Crippen molar-refractivity contribution in [2.24, 2.45) is 5.14 Å². The molecule has 9 heteroatoms. The second-order valence-corrected chi connectivity index (χ2v) is 7.04. The van der Waals surface area contributed by atoms with Gasteiger partial charge in [0.2, 0.25) is 21.8 Å². The van der Waals surface area contributed by atoms with E-state index in [0.717, 1.165) is 0 Å². The summed E-state index contributed by atoms with van der Waals surface area (Å²) in [5, 5.41) is 13.2. The number of aryl methyl sites for hydroxylation is 1. The first-order valence-electron chi connectivity index (χ1n) is 7.53. The Morgan fingerprint density at radius 1 is 0.923 bits per heavy atom. The average Bonchev–Trinajstić information content (AvgIpc) is 3.10. The maximum atomic E-state index is 11.7. The number of sulfonamides is 1. The van der Waals surface area contributed by atoms with E-state index >= 15 is 0 Å². The number of aromatic nitrogens is 2. The molecule has 0 unspecified atom stereocenters. The zero-order valence-corrected chi connectivity index (χ0v) is 15.2. The molecule has 3 rings (SSSR count). The number of methoxy groups -OCH3 is 2. The number of primary sulfonamides is 1. The SMILES string of the molecule is COc1ccc(-c2nnc(-c3ccc(C)c(S(N)(=O)=O)c3)o2)cc1OC. The number of rotatable bonds is 5. The number of ether oxygens (including phenoxy) is 2. The largest absolute Gasteiger partial charge is 0.493 e. The van der Waals surface area contributed by atoms with E-state index in [1.807, 2.05) is 0 Å². The van der Waals surface area contributed by atoms with Crippen molar-refractivity contribution in [3.63, 3.8) is 0 Å². The lowest BCUT2D eigenvalue weighted by molar-refractivity contribution is 0.355. The van der Waals surface area contributed by atoms with Crippen LogP contribution in [0.3, 0.4) is 0 Å². The van der Waals surface area contributed by atoms with E-state index in [9.17, 15) is 8.42 Å². The molecule has 0 saturated carbocycles. The van der Waals surface area contributed by atoms with Crippen molar-refractivity contribution < 1.29 is 22.3 Å². The van der Waals surface area contributed by atoms with Gasteiger partial charge in [0.05, 0.1) is 19.1 Å². The third-order valence-electron chi connectivity index (χ3n) is 3.80. The lowest BCUT2D eigenvalue weighted by Gasteiger charge is -2.07. The van der Waals surface area contributed by atoms with Gasteiger partial charge in [0, 0.05) is 11.1 Å². The molecule has 0 radical (unpaired) electrons. The normalized spacial score (nSPS) is 11.4. The van der Waals surface area contributed by atoms with Crippen LogP contribution in [-0.4, -0.2) is 32.8 Å². The minimum Gasteiger partial charge on any atom is -0.493 e. The zero-order chi connectivity index (χ0) is 18.9. The average molecular weight is 375 g/mol. The Morgan fingerprint density at radius 3 is 2.08 bits per heavy atom. The van der Waals surface area contributed by atoms with Crippen molar-refractivity contribution in [1.82, 2.24) is 10.2 Å². The molecule has 1 heterocycles. The van der Waals surface area contributed by atoms with Crippen molar-refractivity contribution in [2.75, 3.05) is 14.2 Å². The summed E-state index contributed by atoms with van der Waals surface area (Å²) < 4.78 is 39.5. The van der Waals surface area contributed by atoms with Crippen molar-refractivity contribution in [2.45, 2.75) is 11.8 Å². The summed E-state index contributed by atoms with van der Waals surface area (Å²) in [6.07, 6.45) is 0. The van der Waals surface area contributed by atoms with Crippen LogP contribution in [0.2, 0.25) is 0 Å². The molecule has 0 fully saturated rings. The van der Waals surface area contributed by atoms with Gasteiger partial charge >= 0.3 is 0 Å². The summed E-state index contributed by atoms with van der Waals surface area (Å²) in [6.45, 7) is 1.66. The van der Waals surface area contributed by atoms with E-state index < -0.39 is 10.0 Å². The molecule has 136 valence electrons. The number of nitrogens with two attached hydrogens (primary N) is 1. The van der Waals surface area contributed by atoms with Crippen LogP contribution in [0.15, 0.2) is 45.7 Å². The number of hydrogen-bond donors (Lipinski definition) is 1. The van der Waals surface area contributed by atoms with Gasteiger partial charge in [-0.2, -0.15) is 0 Å². The summed E-state index contributed by atoms with van der Waals surface area (Å²) in [7, 11) is -0.772. The van der Waals surface area contributed by atoms with E-state index in [0.29, 0.717) is 28.2 Å². The molecule has 3 aromatic rings. The van der Waals surface area contributed by atoms with Crippen LogP contribution in [0.25, 0.3) is 22.9 Å². The van der Waals surface area contributed by atoms with Crippen LogP contribution >= 0.6 is 0 Å². The predicted octanol–water partition coefficient (Wildman–Crippen LogP) is 2.38. The lowest BCUT2D eigenvalue weighted by atomic mass is 10.1. The van der Waals surface area contributed by atoms with E-state index in [1.54, 1.807) is 44.4 Å². The third-order valence-corrected chi connectivity index (χ3v) is 4.85. The molecule has 0 aliphatic rings. The molecular weight excluding hydrogens is 358 g/mol. The lowest BCUT2D eigenvalue weighted by Crippen LogP contribution is -2.13. The highest BCUT2D eigenvalue weighted by Crippen LogP contribution is 2.33. The fourth-order valence-electron chi connectivity index (χ4n) is 2.47. The predicted molar refractivity (Wildman–Crippen MR) is 94.4 cm³/mol. The minimum absolute atomic E-state index is 0.0147. The van der Waals surface area contributed by atoms with Gasteiger partial charge < -0.3 is 13.9 Å². The second kappa shape index (κ2) is 6.77. The minimum atomic E-state index is -3.85. The summed E-state index contributed by atoms with van der Waals surface area (Å²) in [5.74, 6) is 1.54. The fourth-order valence-corrected chi connectivity index (χ4v) is 3.27. The van der Waals surface area contributed by atoms with Crippen molar-refractivity contribution in [3.05, 3.63) is 42.0 Å². The Hall–Kier alpha value is -2.91. The summed E-state index contributed by atoms with van der Waals surface area (Å²) >= 11 is 0. The van der Waals surface area contributed by atoms with E-state index in [2.05, 4.69) is 10.2 Å². The molecule has 2 aromatic carbocycles. The van der Waals surface area contributed by atoms with Crippen LogP contribution in [-0.2, 0) is 10.0 Å². The van der Waals surface area contributed by atoms with E-state index in [4.69, 9.17) is 19.0 Å². The van der Waals surface area contributed by atoms with Crippen LogP contribution < -0.4 is 14.6 Å². The Kier molecular flexibility index (Phi) is 4.66. The van der Waals surface area contributed by atoms with Crippen LogP contribution in [0, 0.1) is 6.92 Å². The Balaban J connectivity index is 2.01. The molecular formula is C17H17N3O5S. The summed E-state index contributed by atoms with van der Waals surface area (Å²) in [5.41, 5.74) is 1.63.